The number of cyclic esters (lactones) is 1. The lowest BCUT2D eigenvalue weighted by Crippen LogP contribution is -2.42. The van der Waals surface area contributed by atoms with Gasteiger partial charge < -0.3 is 15.0 Å². The lowest BCUT2D eigenvalue weighted by molar-refractivity contribution is -0.119. The second-order valence-electron chi connectivity index (χ2n) is 8.79. The average molecular weight is 477 g/mol. The third-order valence-electron chi connectivity index (χ3n) is 6.61. The zero-order chi connectivity index (χ0) is 25.0. The van der Waals surface area contributed by atoms with Gasteiger partial charge in [-0.2, -0.15) is 10.5 Å². The van der Waals surface area contributed by atoms with E-state index in [9.17, 15) is 20.1 Å². The molecule has 0 spiro atoms. The van der Waals surface area contributed by atoms with Crippen molar-refractivity contribution in [2.75, 3.05) is 36.0 Å². The van der Waals surface area contributed by atoms with Gasteiger partial charge >= 0.3 is 6.09 Å². The van der Waals surface area contributed by atoms with E-state index < -0.39 is 29.3 Å². The number of carbonyl (C=O) groups excluding carboxylic acids is 2. The normalized spacial score (nSPS) is 19.9. The number of piperidine rings is 1. The Hall–Kier alpha value is -4.18. The molecule has 2 amide bonds. The first-order valence-electron chi connectivity index (χ1n) is 11.3. The van der Waals surface area contributed by atoms with Crippen LogP contribution in [-0.4, -0.2) is 49.3 Å². The minimum Gasteiger partial charge on any atom is -0.442 e. The van der Waals surface area contributed by atoms with Gasteiger partial charge in [-0.1, -0.05) is 6.07 Å². The monoisotopic (exact) mass is 476 g/mol. The van der Waals surface area contributed by atoms with Crippen molar-refractivity contribution in [1.82, 2.24) is 10.3 Å². The van der Waals surface area contributed by atoms with Crippen LogP contribution in [0.1, 0.15) is 31.2 Å². The number of aromatic nitrogens is 1. The van der Waals surface area contributed by atoms with E-state index in [-0.39, 0.29) is 19.0 Å². The largest absolute Gasteiger partial charge is 0.442 e. The Labute approximate surface area is 202 Å². The maximum absolute atomic E-state index is 15.1. The Morgan fingerprint density at radius 2 is 2.11 bits per heavy atom. The molecule has 0 aliphatic carbocycles. The Kier molecular flexibility index (Phi) is 6.83. The Morgan fingerprint density at radius 3 is 2.71 bits per heavy atom. The van der Waals surface area contributed by atoms with Crippen LogP contribution in [0.25, 0.3) is 0 Å². The van der Waals surface area contributed by atoms with E-state index in [0.29, 0.717) is 42.9 Å². The number of pyridine rings is 1. The molecule has 4 rings (SSSR count). The van der Waals surface area contributed by atoms with Gasteiger partial charge in [0.25, 0.3) is 0 Å². The van der Waals surface area contributed by atoms with Gasteiger partial charge in [0.2, 0.25) is 5.91 Å². The van der Waals surface area contributed by atoms with Gasteiger partial charge in [-0.25, -0.2) is 9.18 Å². The molecule has 35 heavy (non-hydrogen) atoms. The molecule has 2 fully saturated rings. The summed E-state index contributed by atoms with van der Waals surface area (Å²) < 4.78 is 20.4. The quantitative estimate of drug-likeness (QED) is 0.680. The first-order chi connectivity index (χ1) is 16.9. The fourth-order valence-electron chi connectivity index (χ4n) is 4.69. The maximum Gasteiger partial charge on any atom is 0.414 e. The second kappa shape index (κ2) is 9.98. The maximum atomic E-state index is 15.1. The minimum atomic E-state index is -0.882. The summed E-state index contributed by atoms with van der Waals surface area (Å²) in [6, 6.07) is 12.8. The predicted molar refractivity (Wildman–Crippen MR) is 125 cm³/mol. The molecule has 1 aromatic heterocycles. The standard InChI is InChI=1S/C25H25FN6O3/c1-17(33)30-14-20-15-32(24(34)35-20)19-4-5-23(22(26)11-19)31-9-6-25(16-28,7-10-31)21(12-27)18-3-2-8-29-13-18/h2-5,8,11,13,20-21H,6-7,9-10,14-15H2,1H3,(H,30,33). The Bertz CT molecular complexity index is 1180. The van der Waals surface area contributed by atoms with E-state index in [1.54, 1.807) is 36.7 Å². The highest BCUT2D eigenvalue weighted by atomic mass is 19.1. The molecule has 1 aromatic carbocycles. The van der Waals surface area contributed by atoms with Crippen LogP contribution in [0.2, 0.25) is 0 Å². The number of anilines is 2. The van der Waals surface area contributed by atoms with E-state index in [0.717, 1.165) is 0 Å². The molecule has 10 heteroatoms. The minimum absolute atomic E-state index is 0.190. The van der Waals surface area contributed by atoms with Gasteiger partial charge in [0.15, 0.2) is 0 Å². The SMILES string of the molecule is CC(=O)NCC1CN(c2ccc(N3CCC(C#N)(C(C#N)c4cccnc4)CC3)c(F)c2)C(=O)O1. The zero-order valence-corrected chi connectivity index (χ0v) is 19.3. The molecule has 1 N–H and O–H groups in total. The van der Waals surface area contributed by atoms with Gasteiger partial charge in [0.1, 0.15) is 11.9 Å². The van der Waals surface area contributed by atoms with Crippen LogP contribution in [-0.2, 0) is 9.53 Å². The molecule has 3 heterocycles. The van der Waals surface area contributed by atoms with Crippen LogP contribution in [0.4, 0.5) is 20.6 Å². The van der Waals surface area contributed by atoms with Gasteiger partial charge in [-0.15, -0.1) is 0 Å². The third kappa shape index (κ3) is 4.87. The number of nitriles is 2. The zero-order valence-electron chi connectivity index (χ0n) is 19.3. The number of amides is 2. The summed E-state index contributed by atoms with van der Waals surface area (Å²) in [6.45, 7) is 2.59. The summed E-state index contributed by atoms with van der Waals surface area (Å²) in [4.78, 5) is 30.6. The summed E-state index contributed by atoms with van der Waals surface area (Å²) in [6.07, 6.45) is 2.94. The number of carbonyl (C=O) groups is 2. The highest BCUT2D eigenvalue weighted by Gasteiger charge is 2.43. The van der Waals surface area contributed by atoms with Crippen LogP contribution >= 0.6 is 0 Å². The lowest BCUT2D eigenvalue weighted by Gasteiger charge is -2.40. The number of ether oxygens (including phenoxy) is 1. The molecular formula is C25H25FN6O3. The van der Waals surface area contributed by atoms with E-state index in [1.165, 1.54) is 17.9 Å². The van der Waals surface area contributed by atoms with Crippen molar-refractivity contribution in [2.24, 2.45) is 5.41 Å². The number of nitrogens with zero attached hydrogens (tertiary/aromatic N) is 5. The summed E-state index contributed by atoms with van der Waals surface area (Å²) in [7, 11) is 0. The van der Waals surface area contributed by atoms with Crippen LogP contribution in [0.15, 0.2) is 42.7 Å². The first kappa shape index (κ1) is 24.0. The molecule has 9 nitrogen and oxygen atoms in total. The highest BCUT2D eigenvalue weighted by Crippen LogP contribution is 2.44. The second-order valence-corrected chi connectivity index (χ2v) is 8.79. The molecule has 0 radical (unpaired) electrons. The number of rotatable bonds is 6. The summed E-state index contributed by atoms with van der Waals surface area (Å²) in [5.41, 5.74) is 0.561. The fraction of sp³-hybridized carbons (Fsp3) is 0.400. The van der Waals surface area contributed by atoms with Crippen molar-refractivity contribution in [3.63, 3.8) is 0 Å². The molecule has 2 atom stereocenters. The van der Waals surface area contributed by atoms with E-state index in [1.807, 2.05) is 4.90 Å². The molecule has 2 aliphatic heterocycles. The molecule has 0 bridgehead atoms. The number of benzene rings is 1. The smallest absolute Gasteiger partial charge is 0.414 e. The van der Waals surface area contributed by atoms with Gasteiger partial charge in [-0.3, -0.25) is 14.7 Å². The van der Waals surface area contributed by atoms with Crippen molar-refractivity contribution in [2.45, 2.75) is 31.8 Å². The van der Waals surface area contributed by atoms with E-state index in [2.05, 4.69) is 22.4 Å². The summed E-state index contributed by atoms with van der Waals surface area (Å²) >= 11 is 0. The van der Waals surface area contributed by atoms with E-state index >= 15 is 4.39 Å². The van der Waals surface area contributed by atoms with Crippen LogP contribution < -0.4 is 15.1 Å². The van der Waals surface area contributed by atoms with Crippen molar-refractivity contribution in [3.05, 3.63) is 54.1 Å². The molecule has 2 aliphatic rings. The molecule has 2 unspecified atom stereocenters. The van der Waals surface area contributed by atoms with Gasteiger partial charge in [-0.05, 0) is 42.7 Å². The van der Waals surface area contributed by atoms with Crippen molar-refractivity contribution >= 4 is 23.4 Å². The average Bonchev–Trinajstić information content (AvgIpc) is 3.25. The number of halogens is 1. The van der Waals surface area contributed by atoms with Gasteiger partial charge in [0.05, 0.1) is 47.9 Å². The van der Waals surface area contributed by atoms with Crippen molar-refractivity contribution in [1.29, 1.82) is 10.5 Å². The molecule has 2 saturated heterocycles. The number of hydrogen-bond acceptors (Lipinski definition) is 7. The molecular weight excluding hydrogens is 451 g/mol. The molecule has 180 valence electrons. The van der Waals surface area contributed by atoms with E-state index in [4.69, 9.17) is 4.74 Å². The highest BCUT2D eigenvalue weighted by molar-refractivity contribution is 5.90. The summed E-state index contributed by atoms with van der Waals surface area (Å²) in [5, 5.41) is 22.4. The number of nitrogens with one attached hydrogen (secondary N) is 1. The topological polar surface area (TPSA) is 122 Å². The van der Waals surface area contributed by atoms with Crippen molar-refractivity contribution < 1.29 is 18.7 Å². The molecule has 2 aromatic rings. The third-order valence-corrected chi connectivity index (χ3v) is 6.61. The lowest BCUT2D eigenvalue weighted by atomic mass is 9.68. The predicted octanol–water partition coefficient (Wildman–Crippen LogP) is 3.10. The summed E-state index contributed by atoms with van der Waals surface area (Å²) in [5.74, 6) is -1.34. The fourth-order valence-corrected chi connectivity index (χ4v) is 4.69. The Balaban J connectivity index is 1.45. The van der Waals surface area contributed by atoms with Crippen molar-refractivity contribution in [3.8, 4) is 12.1 Å². The number of hydrogen-bond donors (Lipinski definition) is 1. The van der Waals surface area contributed by atoms with Crippen LogP contribution in [0, 0.1) is 33.9 Å². The first-order valence-corrected chi connectivity index (χ1v) is 11.3. The molecule has 0 saturated carbocycles. The van der Waals surface area contributed by atoms with Gasteiger partial charge in [0, 0.05) is 32.4 Å². The van der Waals surface area contributed by atoms with Crippen LogP contribution in [0.5, 0.6) is 0 Å². The Morgan fingerprint density at radius 1 is 1.34 bits per heavy atom. The van der Waals surface area contributed by atoms with Crippen LogP contribution in [0.3, 0.4) is 0 Å².